The first-order valence-corrected chi connectivity index (χ1v) is 4.34. The minimum absolute atomic E-state index is 0.177. The van der Waals surface area contributed by atoms with Crippen molar-refractivity contribution in [1.82, 2.24) is 4.98 Å². The summed E-state index contributed by atoms with van der Waals surface area (Å²) >= 11 is 0. The number of amides is 1. The molecule has 0 saturated carbocycles. The van der Waals surface area contributed by atoms with Crippen molar-refractivity contribution in [3.63, 3.8) is 0 Å². The predicted octanol–water partition coefficient (Wildman–Crippen LogP) is 0.111. The summed E-state index contributed by atoms with van der Waals surface area (Å²) in [6.07, 6.45) is 1.65. The lowest BCUT2D eigenvalue weighted by molar-refractivity contribution is -0.112. The fourth-order valence-electron chi connectivity index (χ4n) is 1.55. The van der Waals surface area contributed by atoms with Crippen LogP contribution >= 0.6 is 0 Å². The molecule has 1 aliphatic rings. The van der Waals surface area contributed by atoms with Gasteiger partial charge in [-0.3, -0.25) is 9.69 Å². The Hall–Kier alpha value is -1.91. The van der Waals surface area contributed by atoms with E-state index in [0.29, 0.717) is 17.9 Å². The summed E-state index contributed by atoms with van der Waals surface area (Å²) in [4.78, 5) is 17.4. The molecule has 5 nitrogen and oxygen atoms in total. The van der Waals surface area contributed by atoms with E-state index in [1.54, 1.807) is 23.2 Å². The minimum atomic E-state index is -0.177. The first kappa shape index (κ1) is 8.68. The summed E-state index contributed by atoms with van der Waals surface area (Å²) in [5.74, 6) is 5.63. The molecule has 0 saturated heterocycles. The lowest BCUT2D eigenvalue weighted by atomic mass is 10.2. The van der Waals surface area contributed by atoms with Gasteiger partial charge in [-0.15, -0.1) is 0 Å². The van der Waals surface area contributed by atoms with Crippen LogP contribution in [0.25, 0.3) is 0 Å². The molecule has 0 aliphatic carbocycles. The van der Waals surface area contributed by atoms with Gasteiger partial charge in [-0.05, 0) is 19.1 Å². The number of carbonyl (C=O) groups excluding carboxylic acids is 1. The van der Waals surface area contributed by atoms with Gasteiger partial charge in [0.1, 0.15) is 5.82 Å². The van der Waals surface area contributed by atoms with Gasteiger partial charge in [0.25, 0.3) is 5.91 Å². The number of hydrazone groups is 1. The Balaban J connectivity index is 2.62. The number of carbonyl (C=O) groups is 1. The van der Waals surface area contributed by atoms with Crippen molar-refractivity contribution in [3.8, 4) is 0 Å². The molecule has 0 fully saturated rings. The van der Waals surface area contributed by atoms with Gasteiger partial charge in [0.05, 0.1) is 5.56 Å². The normalized spacial score (nSPS) is 17.6. The summed E-state index contributed by atoms with van der Waals surface area (Å²) in [5, 5.41) is 3.49. The maximum absolute atomic E-state index is 11.7. The second-order valence-corrected chi connectivity index (χ2v) is 2.90. The summed E-state index contributed by atoms with van der Waals surface area (Å²) in [7, 11) is 0. The van der Waals surface area contributed by atoms with Crippen LogP contribution in [0.4, 0.5) is 5.82 Å². The zero-order chi connectivity index (χ0) is 10.1. The number of nitrogens with two attached hydrogens (primary N) is 1. The van der Waals surface area contributed by atoms with E-state index in [2.05, 4.69) is 10.1 Å². The van der Waals surface area contributed by atoms with Crippen LogP contribution in [0.3, 0.4) is 0 Å². The van der Waals surface area contributed by atoms with Crippen molar-refractivity contribution in [2.45, 2.75) is 6.92 Å². The third-order valence-corrected chi connectivity index (χ3v) is 2.19. The molecule has 72 valence electrons. The molecule has 2 rings (SSSR count). The van der Waals surface area contributed by atoms with E-state index < -0.39 is 0 Å². The predicted molar refractivity (Wildman–Crippen MR) is 53.0 cm³/mol. The standard InChI is InChI=1S/C9H10N4O/c1-2-13-8-6(4-3-5-11-8)7(12-10)9(13)14/h3-5H,2,10H2,1H3/b12-7-. The van der Waals surface area contributed by atoms with Gasteiger partial charge in [0.15, 0.2) is 5.71 Å². The topological polar surface area (TPSA) is 71.6 Å². The Morgan fingerprint density at radius 3 is 3.07 bits per heavy atom. The van der Waals surface area contributed by atoms with Crippen molar-refractivity contribution in [2.75, 3.05) is 11.4 Å². The number of hydrogen-bond acceptors (Lipinski definition) is 4. The molecule has 0 atom stereocenters. The van der Waals surface area contributed by atoms with Gasteiger partial charge in [0, 0.05) is 12.7 Å². The summed E-state index contributed by atoms with van der Waals surface area (Å²) < 4.78 is 0. The van der Waals surface area contributed by atoms with Crippen LogP contribution < -0.4 is 10.7 Å². The second kappa shape index (κ2) is 3.10. The van der Waals surface area contributed by atoms with Gasteiger partial charge >= 0.3 is 0 Å². The third kappa shape index (κ3) is 0.985. The number of fused-ring (bicyclic) bond motifs is 1. The van der Waals surface area contributed by atoms with E-state index >= 15 is 0 Å². The van der Waals surface area contributed by atoms with Crippen molar-refractivity contribution >= 4 is 17.4 Å². The number of pyridine rings is 1. The molecule has 1 aromatic rings. The molecule has 0 spiro atoms. The van der Waals surface area contributed by atoms with E-state index in [-0.39, 0.29) is 11.6 Å². The first-order chi connectivity index (χ1) is 6.79. The number of rotatable bonds is 1. The van der Waals surface area contributed by atoms with Gasteiger partial charge in [-0.2, -0.15) is 5.10 Å². The number of likely N-dealkylation sites (N-methyl/N-ethyl adjacent to an activating group) is 1. The third-order valence-electron chi connectivity index (χ3n) is 2.19. The second-order valence-electron chi connectivity index (χ2n) is 2.90. The Labute approximate surface area is 81.2 Å². The average Bonchev–Trinajstić information content (AvgIpc) is 2.49. The highest BCUT2D eigenvalue weighted by atomic mass is 16.2. The van der Waals surface area contributed by atoms with Crippen molar-refractivity contribution in [3.05, 3.63) is 23.9 Å². The molecule has 0 unspecified atom stereocenters. The van der Waals surface area contributed by atoms with Crippen LogP contribution in [0.5, 0.6) is 0 Å². The summed E-state index contributed by atoms with van der Waals surface area (Å²) in [6, 6.07) is 3.55. The van der Waals surface area contributed by atoms with Crippen LogP contribution in [0.2, 0.25) is 0 Å². The molecule has 1 aromatic heterocycles. The van der Waals surface area contributed by atoms with Crippen molar-refractivity contribution < 1.29 is 4.79 Å². The molecule has 0 radical (unpaired) electrons. The molecule has 0 bridgehead atoms. The van der Waals surface area contributed by atoms with Crippen LogP contribution in [0.1, 0.15) is 12.5 Å². The zero-order valence-electron chi connectivity index (χ0n) is 7.77. The van der Waals surface area contributed by atoms with E-state index in [1.807, 2.05) is 6.92 Å². The quantitative estimate of drug-likeness (QED) is 0.504. The smallest absolute Gasteiger partial charge is 0.280 e. The molecule has 14 heavy (non-hydrogen) atoms. The van der Waals surface area contributed by atoms with Crippen LogP contribution in [-0.4, -0.2) is 23.1 Å². The Morgan fingerprint density at radius 1 is 1.64 bits per heavy atom. The van der Waals surface area contributed by atoms with Gasteiger partial charge in [-0.1, -0.05) is 0 Å². The molecule has 5 heteroatoms. The van der Waals surface area contributed by atoms with E-state index in [0.717, 1.165) is 0 Å². The Bertz CT molecular complexity index is 413. The maximum Gasteiger partial charge on any atom is 0.280 e. The lowest BCUT2D eigenvalue weighted by Gasteiger charge is -2.11. The molecule has 2 N–H and O–H groups in total. The number of hydrogen-bond donors (Lipinski definition) is 1. The maximum atomic E-state index is 11.7. The van der Waals surface area contributed by atoms with E-state index in [1.165, 1.54) is 0 Å². The van der Waals surface area contributed by atoms with Crippen molar-refractivity contribution in [1.29, 1.82) is 0 Å². The first-order valence-electron chi connectivity index (χ1n) is 4.34. The summed E-state index contributed by atoms with van der Waals surface area (Å²) in [5.41, 5.74) is 0.997. The average molecular weight is 190 g/mol. The molecule has 2 heterocycles. The number of nitrogens with zero attached hydrogens (tertiary/aromatic N) is 3. The molecular weight excluding hydrogens is 180 g/mol. The van der Waals surface area contributed by atoms with E-state index in [4.69, 9.17) is 5.84 Å². The minimum Gasteiger partial charge on any atom is -0.322 e. The fraction of sp³-hybridized carbons (Fsp3) is 0.222. The Kier molecular flexibility index (Phi) is 1.92. The lowest BCUT2D eigenvalue weighted by Crippen LogP contribution is -2.30. The Morgan fingerprint density at radius 2 is 2.43 bits per heavy atom. The molecule has 0 aromatic carbocycles. The highest BCUT2D eigenvalue weighted by molar-refractivity contribution is 6.54. The fourth-order valence-corrected chi connectivity index (χ4v) is 1.55. The van der Waals surface area contributed by atoms with Gasteiger partial charge < -0.3 is 5.84 Å². The van der Waals surface area contributed by atoms with Gasteiger partial charge in [0.2, 0.25) is 0 Å². The zero-order valence-corrected chi connectivity index (χ0v) is 7.77. The molecule has 1 amide bonds. The highest BCUT2D eigenvalue weighted by Crippen LogP contribution is 2.25. The van der Waals surface area contributed by atoms with Crippen molar-refractivity contribution in [2.24, 2.45) is 10.9 Å². The molecular formula is C9H10N4O. The summed E-state index contributed by atoms with van der Waals surface area (Å²) in [6.45, 7) is 2.46. The van der Waals surface area contributed by atoms with E-state index in [9.17, 15) is 4.79 Å². The number of anilines is 1. The largest absolute Gasteiger partial charge is 0.322 e. The monoisotopic (exact) mass is 190 g/mol. The number of aromatic nitrogens is 1. The van der Waals surface area contributed by atoms with Crippen LogP contribution in [0.15, 0.2) is 23.4 Å². The highest BCUT2D eigenvalue weighted by Gasteiger charge is 2.33. The van der Waals surface area contributed by atoms with Crippen LogP contribution in [-0.2, 0) is 4.79 Å². The SMILES string of the molecule is CCN1C(=O)/C(=N\N)c2cccnc21. The van der Waals surface area contributed by atoms with Gasteiger partial charge in [-0.25, -0.2) is 4.98 Å². The van der Waals surface area contributed by atoms with Crippen LogP contribution in [0, 0.1) is 0 Å². The molecule has 1 aliphatic heterocycles.